The van der Waals surface area contributed by atoms with Crippen molar-refractivity contribution in [2.75, 3.05) is 19.4 Å². The normalized spacial score (nSPS) is 11.0. The number of hydrogen-bond acceptors (Lipinski definition) is 3. The minimum atomic E-state index is -0.347. The van der Waals surface area contributed by atoms with Crippen LogP contribution in [0.3, 0.4) is 0 Å². The molecule has 0 unspecified atom stereocenters. The molecule has 0 spiro atoms. The number of ether oxygens (including phenoxy) is 1. The molecule has 0 saturated heterocycles. The highest BCUT2D eigenvalue weighted by molar-refractivity contribution is 9.10. The van der Waals surface area contributed by atoms with Crippen LogP contribution >= 0.6 is 27.5 Å². The van der Waals surface area contributed by atoms with E-state index in [9.17, 15) is 4.79 Å². The van der Waals surface area contributed by atoms with Gasteiger partial charge in [0.25, 0.3) is 5.91 Å². The van der Waals surface area contributed by atoms with Crippen LogP contribution in [0.5, 0.6) is 5.75 Å². The van der Waals surface area contributed by atoms with Crippen molar-refractivity contribution in [3.8, 4) is 5.75 Å². The molecule has 2 aromatic carbocycles. The van der Waals surface area contributed by atoms with Crippen molar-refractivity contribution in [2.45, 2.75) is 0 Å². The van der Waals surface area contributed by atoms with Gasteiger partial charge >= 0.3 is 0 Å². The minimum absolute atomic E-state index is 0.174. The van der Waals surface area contributed by atoms with Crippen LogP contribution < -0.4 is 10.1 Å². The van der Waals surface area contributed by atoms with E-state index < -0.39 is 0 Å². The molecule has 0 saturated carbocycles. The molecular weight excluding hydrogens is 380 g/mol. The third-order valence-electron chi connectivity index (χ3n) is 2.76. The van der Waals surface area contributed by atoms with E-state index in [1.807, 2.05) is 32.3 Å². The van der Waals surface area contributed by atoms with Crippen LogP contribution in [0.4, 0.5) is 5.69 Å². The van der Waals surface area contributed by atoms with E-state index in [2.05, 4.69) is 21.2 Å². The molecule has 0 heterocycles. The maximum Gasteiger partial charge on any atom is 0.292 e. The molecule has 1 amide bonds. The number of anilines is 1. The van der Waals surface area contributed by atoms with E-state index in [1.165, 1.54) is 0 Å². The fourth-order valence-electron chi connectivity index (χ4n) is 1.74. The standard InChI is InChI=1S/C17H16BrClN2O2/c1-21(2)11-16(23-13-9-7-12(19)8-10-13)17(22)20-15-6-4-3-5-14(15)18/h3-11H,1-2H3,(H,20,22)/b16-11-. The zero-order valence-corrected chi connectivity index (χ0v) is 15.1. The smallest absolute Gasteiger partial charge is 0.292 e. The van der Waals surface area contributed by atoms with Gasteiger partial charge < -0.3 is 15.0 Å². The number of carbonyl (C=O) groups excluding carboxylic acids is 1. The first kappa shape index (κ1) is 17.4. The van der Waals surface area contributed by atoms with Gasteiger partial charge in [0, 0.05) is 29.8 Å². The largest absolute Gasteiger partial charge is 0.450 e. The average Bonchev–Trinajstić information content (AvgIpc) is 2.50. The SMILES string of the molecule is CN(C)/C=C(\Oc1ccc(Cl)cc1)C(=O)Nc1ccccc1Br. The molecule has 0 aliphatic heterocycles. The molecule has 0 aromatic heterocycles. The van der Waals surface area contributed by atoms with E-state index in [0.717, 1.165) is 4.47 Å². The highest BCUT2D eigenvalue weighted by Gasteiger charge is 2.14. The number of carbonyl (C=O) groups is 1. The number of nitrogens with one attached hydrogen (secondary N) is 1. The van der Waals surface area contributed by atoms with Gasteiger partial charge in [0.1, 0.15) is 5.75 Å². The van der Waals surface area contributed by atoms with Crippen molar-refractivity contribution in [3.63, 3.8) is 0 Å². The number of hydrogen-bond donors (Lipinski definition) is 1. The first-order valence-corrected chi connectivity index (χ1v) is 8.00. The summed E-state index contributed by atoms with van der Waals surface area (Å²) in [7, 11) is 3.63. The summed E-state index contributed by atoms with van der Waals surface area (Å²) < 4.78 is 6.48. The fraction of sp³-hybridized carbons (Fsp3) is 0.118. The summed E-state index contributed by atoms with van der Waals surface area (Å²) in [5, 5.41) is 3.42. The highest BCUT2D eigenvalue weighted by Crippen LogP contribution is 2.23. The summed E-state index contributed by atoms with van der Waals surface area (Å²) >= 11 is 9.26. The Morgan fingerprint density at radius 2 is 1.83 bits per heavy atom. The van der Waals surface area contributed by atoms with Crippen molar-refractivity contribution in [2.24, 2.45) is 0 Å². The summed E-state index contributed by atoms with van der Waals surface area (Å²) in [5.41, 5.74) is 0.668. The van der Waals surface area contributed by atoms with E-state index in [4.69, 9.17) is 16.3 Å². The monoisotopic (exact) mass is 394 g/mol. The van der Waals surface area contributed by atoms with Gasteiger partial charge in [0.2, 0.25) is 5.76 Å². The lowest BCUT2D eigenvalue weighted by atomic mass is 10.3. The van der Waals surface area contributed by atoms with Crippen molar-refractivity contribution in [3.05, 3.63) is 70.0 Å². The average molecular weight is 396 g/mol. The topological polar surface area (TPSA) is 41.6 Å². The molecule has 4 nitrogen and oxygen atoms in total. The number of benzene rings is 2. The van der Waals surface area contributed by atoms with E-state index in [1.54, 1.807) is 41.4 Å². The third-order valence-corrected chi connectivity index (χ3v) is 3.71. The number of amides is 1. The Bertz CT molecular complexity index is 715. The number of rotatable bonds is 5. The Morgan fingerprint density at radius 1 is 1.17 bits per heavy atom. The van der Waals surface area contributed by atoms with Crippen LogP contribution in [-0.4, -0.2) is 24.9 Å². The van der Waals surface area contributed by atoms with Gasteiger partial charge in [-0.05, 0) is 52.3 Å². The predicted molar refractivity (Wildman–Crippen MR) is 96.6 cm³/mol. The Kier molecular flexibility index (Phi) is 6.07. The van der Waals surface area contributed by atoms with Gasteiger partial charge in [-0.1, -0.05) is 23.7 Å². The van der Waals surface area contributed by atoms with E-state index >= 15 is 0 Å². The van der Waals surface area contributed by atoms with Crippen molar-refractivity contribution < 1.29 is 9.53 Å². The first-order valence-electron chi connectivity index (χ1n) is 6.83. The molecule has 0 aliphatic rings. The lowest BCUT2D eigenvalue weighted by Crippen LogP contribution is -2.21. The van der Waals surface area contributed by atoms with Gasteiger partial charge in [0.15, 0.2) is 0 Å². The van der Waals surface area contributed by atoms with Gasteiger partial charge in [0.05, 0.1) is 5.69 Å². The molecule has 0 fully saturated rings. The van der Waals surface area contributed by atoms with E-state index in [-0.39, 0.29) is 11.7 Å². The highest BCUT2D eigenvalue weighted by atomic mass is 79.9. The molecule has 1 N–H and O–H groups in total. The molecule has 0 radical (unpaired) electrons. The summed E-state index contributed by atoms with van der Waals surface area (Å²) in [4.78, 5) is 14.2. The number of para-hydroxylation sites is 1. The van der Waals surface area contributed by atoms with Crippen molar-refractivity contribution in [1.82, 2.24) is 4.90 Å². The van der Waals surface area contributed by atoms with Gasteiger partial charge in [-0.25, -0.2) is 0 Å². The predicted octanol–water partition coefficient (Wildman–Crippen LogP) is 4.52. The zero-order valence-electron chi connectivity index (χ0n) is 12.7. The number of nitrogens with zero attached hydrogens (tertiary/aromatic N) is 1. The van der Waals surface area contributed by atoms with Gasteiger partial charge in [-0.3, -0.25) is 4.79 Å². The van der Waals surface area contributed by atoms with Gasteiger partial charge in [-0.15, -0.1) is 0 Å². The molecule has 6 heteroatoms. The molecule has 2 aromatic rings. The summed E-state index contributed by atoms with van der Waals surface area (Å²) in [5.74, 6) is 0.360. The van der Waals surface area contributed by atoms with Gasteiger partial charge in [-0.2, -0.15) is 0 Å². The second-order valence-corrected chi connectivity index (χ2v) is 6.24. The third kappa shape index (κ3) is 5.30. The van der Waals surface area contributed by atoms with Crippen LogP contribution in [0.1, 0.15) is 0 Å². The summed E-state index contributed by atoms with van der Waals surface area (Å²) in [6, 6.07) is 14.2. The Hall–Kier alpha value is -1.98. The van der Waals surface area contributed by atoms with E-state index in [0.29, 0.717) is 16.5 Å². The Labute approximate surface area is 148 Å². The molecule has 23 heavy (non-hydrogen) atoms. The minimum Gasteiger partial charge on any atom is -0.450 e. The lowest BCUT2D eigenvalue weighted by Gasteiger charge is -2.14. The second-order valence-electron chi connectivity index (χ2n) is 4.95. The summed E-state index contributed by atoms with van der Waals surface area (Å²) in [6.07, 6.45) is 1.61. The van der Waals surface area contributed by atoms with Crippen molar-refractivity contribution >= 4 is 39.1 Å². The molecule has 2 rings (SSSR count). The number of halogens is 2. The summed E-state index contributed by atoms with van der Waals surface area (Å²) in [6.45, 7) is 0. The van der Waals surface area contributed by atoms with Crippen LogP contribution in [0.15, 0.2) is 65.0 Å². The maximum atomic E-state index is 12.5. The molecular formula is C17H16BrClN2O2. The van der Waals surface area contributed by atoms with Crippen molar-refractivity contribution in [1.29, 1.82) is 0 Å². The second kappa shape index (κ2) is 8.04. The first-order chi connectivity index (χ1) is 11.0. The quantitative estimate of drug-likeness (QED) is 0.598. The zero-order chi connectivity index (χ0) is 16.8. The Morgan fingerprint density at radius 3 is 2.43 bits per heavy atom. The fourth-order valence-corrected chi connectivity index (χ4v) is 2.25. The molecule has 0 aliphatic carbocycles. The lowest BCUT2D eigenvalue weighted by molar-refractivity contribution is -0.114. The van der Waals surface area contributed by atoms with Crippen LogP contribution in [-0.2, 0) is 4.79 Å². The van der Waals surface area contributed by atoms with Crippen LogP contribution in [0.2, 0.25) is 5.02 Å². The molecule has 0 atom stereocenters. The Balaban J connectivity index is 2.19. The van der Waals surface area contributed by atoms with Crippen LogP contribution in [0.25, 0.3) is 0 Å². The van der Waals surface area contributed by atoms with Crippen LogP contribution in [0, 0.1) is 0 Å². The maximum absolute atomic E-state index is 12.5. The molecule has 120 valence electrons. The molecule has 0 bridgehead atoms.